The Morgan fingerprint density at radius 1 is 1.17 bits per heavy atom. The lowest BCUT2D eigenvalue weighted by atomic mass is 10.0. The fraction of sp³-hybridized carbons (Fsp3) is 0.167. The van der Waals surface area contributed by atoms with Crippen molar-refractivity contribution < 1.29 is 22.7 Å². The number of aryl methyl sites for hydroxylation is 1. The highest BCUT2D eigenvalue weighted by molar-refractivity contribution is 6.00. The highest BCUT2D eigenvalue weighted by Gasteiger charge is 2.18. The maximum absolute atomic E-state index is 14.2. The minimum absolute atomic E-state index is 0.0712. The maximum Gasteiger partial charge on any atom is 0.340 e. The molecule has 3 rings (SSSR count). The van der Waals surface area contributed by atoms with Crippen LogP contribution >= 0.6 is 0 Å². The SMILES string of the molecule is COC(=O)c1cc2c(cc1F)c(-c1ccc(C(F)F)cc1)cn2C. The van der Waals surface area contributed by atoms with Crippen LogP contribution in [0.5, 0.6) is 0 Å². The van der Waals surface area contributed by atoms with Crippen molar-refractivity contribution in [3.63, 3.8) is 0 Å². The summed E-state index contributed by atoms with van der Waals surface area (Å²) in [6.45, 7) is 0. The zero-order valence-electron chi connectivity index (χ0n) is 13.0. The summed E-state index contributed by atoms with van der Waals surface area (Å²) in [5.74, 6) is -1.44. The number of benzene rings is 2. The van der Waals surface area contributed by atoms with E-state index in [0.29, 0.717) is 22.0 Å². The highest BCUT2D eigenvalue weighted by Crippen LogP contribution is 2.33. The van der Waals surface area contributed by atoms with Gasteiger partial charge in [0.1, 0.15) is 5.82 Å². The summed E-state index contributed by atoms with van der Waals surface area (Å²) in [6, 6.07) is 8.52. The maximum atomic E-state index is 14.2. The van der Waals surface area contributed by atoms with E-state index in [2.05, 4.69) is 4.74 Å². The second-order valence-electron chi connectivity index (χ2n) is 5.42. The summed E-state index contributed by atoms with van der Waals surface area (Å²) in [5.41, 5.74) is 1.81. The summed E-state index contributed by atoms with van der Waals surface area (Å²) >= 11 is 0. The van der Waals surface area contributed by atoms with Gasteiger partial charge in [-0.05, 0) is 17.7 Å². The third-order valence-corrected chi connectivity index (χ3v) is 3.96. The first-order chi connectivity index (χ1) is 11.4. The standard InChI is InChI=1S/C18H14F3NO2/c1-22-9-14(10-3-5-11(6-4-10)17(20)21)12-7-15(19)13(8-16(12)22)18(23)24-2/h3-9,17H,1-2H3. The van der Waals surface area contributed by atoms with Crippen molar-refractivity contribution in [2.24, 2.45) is 7.05 Å². The van der Waals surface area contributed by atoms with E-state index in [9.17, 15) is 18.0 Å². The van der Waals surface area contributed by atoms with Gasteiger partial charge >= 0.3 is 5.97 Å². The van der Waals surface area contributed by atoms with Gasteiger partial charge in [-0.25, -0.2) is 18.0 Å². The van der Waals surface area contributed by atoms with Gasteiger partial charge in [-0.3, -0.25) is 0 Å². The molecule has 0 saturated heterocycles. The lowest BCUT2D eigenvalue weighted by Gasteiger charge is -2.05. The molecule has 2 aromatic carbocycles. The zero-order chi connectivity index (χ0) is 17.4. The van der Waals surface area contributed by atoms with Crippen molar-refractivity contribution in [1.82, 2.24) is 4.57 Å². The Bertz CT molecular complexity index is 914. The number of hydrogen-bond donors (Lipinski definition) is 0. The van der Waals surface area contributed by atoms with Crippen LogP contribution < -0.4 is 0 Å². The summed E-state index contributed by atoms with van der Waals surface area (Å²) in [5, 5.41) is 0.590. The molecule has 0 unspecified atom stereocenters. The molecular weight excluding hydrogens is 319 g/mol. The van der Waals surface area contributed by atoms with Crippen LogP contribution in [0.3, 0.4) is 0 Å². The molecule has 0 saturated carbocycles. The van der Waals surface area contributed by atoms with E-state index in [4.69, 9.17) is 0 Å². The van der Waals surface area contributed by atoms with Gasteiger partial charge < -0.3 is 9.30 Å². The second-order valence-corrected chi connectivity index (χ2v) is 5.42. The first-order valence-electron chi connectivity index (χ1n) is 7.17. The first-order valence-corrected chi connectivity index (χ1v) is 7.17. The number of esters is 1. The van der Waals surface area contributed by atoms with Crippen molar-refractivity contribution in [3.8, 4) is 11.1 Å². The third kappa shape index (κ3) is 2.64. The number of ether oxygens (including phenoxy) is 1. The van der Waals surface area contributed by atoms with E-state index in [0.717, 1.165) is 0 Å². The molecule has 0 aliphatic carbocycles. The van der Waals surface area contributed by atoms with Crippen LogP contribution in [0.4, 0.5) is 13.2 Å². The first kappa shape index (κ1) is 16.1. The molecule has 0 radical (unpaired) electrons. The van der Waals surface area contributed by atoms with Crippen LogP contribution in [0.25, 0.3) is 22.0 Å². The Morgan fingerprint density at radius 3 is 2.42 bits per heavy atom. The molecule has 1 heterocycles. The number of halogens is 3. The molecule has 3 aromatic rings. The average Bonchev–Trinajstić information content (AvgIpc) is 2.89. The molecule has 124 valence electrons. The van der Waals surface area contributed by atoms with Gasteiger partial charge in [0.25, 0.3) is 6.43 Å². The van der Waals surface area contributed by atoms with Crippen LogP contribution in [0.1, 0.15) is 22.3 Å². The van der Waals surface area contributed by atoms with Crippen molar-refractivity contribution in [3.05, 3.63) is 59.5 Å². The van der Waals surface area contributed by atoms with E-state index in [1.54, 1.807) is 29.9 Å². The number of carbonyl (C=O) groups excluding carboxylic acids is 1. The van der Waals surface area contributed by atoms with Gasteiger partial charge in [-0.15, -0.1) is 0 Å². The molecule has 0 bridgehead atoms. The van der Waals surface area contributed by atoms with E-state index in [1.807, 2.05) is 0 Å². The summed E-state index contributed by atoms with van der Waals surface area (Å²) in [6.07, 6.45) is -0.769. The van der Waals surface area contributed by atoms with E-state index < -0.39 is 18.2 Å². The molecular formula is C18H14F3NO2. The molecule has 6 heteroatoms. The van der Waals surface area contributed by atoms with Crippen LogP contribution in [0, 0.1) is 5.82 Å². The monoisotopic (exact) mass is 333 g/mol. The minimum atomic E-state index is -2.54. The number of rotatable bonds is 3. The molecule has 0 atom stereocenters. The Morgan fingerprint density at radius 2 is 1.83 bits per heavy atom. The Hall–Kier alpha value is -2.76. The zero-order valence-corrected chi connectivity index (χ0v) is 13.0. The molecule has 3 nitrogen and oxygen atoms in total. The topological polar surface area (TPSA) is 31.2 Å². The lowest BCUT2D eigenvalue weighted by Crippen LogP contribution is -2.04. The van der Waals surface area contributed by atoms with E-state index >= 15 is 0 Å². The minimum Gasteiger partial charge on any atom is -0.465 e. The fourth-order valence-electron chi connectivity index (χ4n) is 2.71. The van der Waals surface area contributed by atoms with E-state index in [1.165, 1.54) is 31.4 Å². The van der Waals surface area contributed by atoms with Gasteiger partial charge in [0.05, 0.1) is 12.7 Å². The Kier molecular flexibility index (Phi) is 4.05. The third-order valence-electron chi connectivity index (χ3n) is 3.96. The Labute approximate surface area is 136 Å². The fourth-order valence-corrected chi connectivity index (χ4v) is 2.71. The summed E-state index contributed by atoms with van der Waals surface area (Å²) in [4.78, 5) is 11.6. The molecule has 0 spiro atoms. The lowest BCUT2D eigenvalue weighted by molar-refractivity contribution is 0.0595. The van der Waals surface area contributed by atoms with Gasteiger partial charge in [0, 0.05) is 35.3 Å². The molecule has 24 heavy (non-hydrogen) atoms. The van der Waals surface area contributed by atoms with Gasteiger partial charge in [-0.2, -0.15) is 0 Å². The smallest absolute Gasteiger partial charge is 0.340 e. The van der Waals surface area contributed by atoms with Crippen LogP contribution in [-0.2, 0) is 11.8 Å². The number of aromatic nitrogens is 1. The number of fused-ring (bicyclic) bond motifs is 1. The predicted molar refractivity (Wildman–Crippen MR) is 84.6 cm³/mol. The van der Waals surface area contributed by atoms with Crippen LogP contribution in [0.2, 0.25) is 0 Å². The van der Waals surface area contributed by atoms with Gasteiger partial charge in [-0.1, -0.05) is 24.3 Å². The molecule has 0 fully saturated rings. The normalized spacial score (nSPS) is 11.2. The number of carbonyl (C=O) groups is 1. The number of nitrogens with zero attached hydrogens (tertiary/aromatic N) is 1. The molecule has 0 N–H and O–H groups in total. The van der Waals surface area contributed by atoms with Crippen LogP contribution in [0.15, 0.2) is 42.6 Å². The average molecular weight is 333 g/mol. The number of alkyl halides is 2. The molecule has 0 aliphatic heterocycles. The largest absolute Gasteiger partial charge is 0.465 e. The van der Waals surface area contributed by atoms with Crippen LogP contribution in [-0.4, -0.2) is 17.6 Å². The molecule has 0 amide bonds. The van der Waals surface area contributed by atoms with E-state index in [-0.39, 0.29) is 11.1 Å². The van der Waals surface area contributed by atoms with Gasteiger partial charge in [0.15, 0.2) is 0 Å². The van der Waals surface area contributed by atoms with Gasteiger partial charge in [0.2, 0.25) is 0 Å². The predicted octanol–water partition coefficient (Wildman–Crippen LogP) is 4.71. The second kappa shape index (κ2) is 6.03. The van der Waals surface area contributed by atoms with Crippen molar-refractivity contribution >= 4 is 16.9 Å². The van der Waals surface area contributed by atoms with Crippen molar-refractivity contribution in [2.75, 3.05) is 7.11 Å². The summed E-state index contributed by atoms with van der Waals surface area (Å²) < 4.78 is 45.9. The Balaban J connectivity index is 2.16. The molecule has 1 aromatic heterocycles. The summed E-state index contributed by atoms with van der Waals surface area (Å²) in [7, 11) is 2.95. The van der Waals surface area contributed by atoms with Crippen molar-refractivity contribution in [2.45, 2.75) is 6.43 Å². The number of methoxy groups -OCH3 is 1. The number of hydrogen-bond acceptors (Lipinski definition) is 2. The quantitative estimate of drug-likeness (QED) is 0.650. The molecule has 0 aliphatic rings. The highest BCUT2D eigenvalue weighted by atomic mass is 19.3. The van der Waals surface area contributed by atoms with Crippen molar-refractivity contribution in [1.29, 1.82) is 0 Å².